The standard InChI is InChI=1S/2C7H8N2O2/c2*8-9-6-3-1-5(2-4-6)7(10)11/h2*1-4,9H,8H2,(H,10,11). The van der Waals surface area contributed by atoms with Crippen molar-refractivity contribution in [2.75, 3.05) is 10.9 Å². The topological polar surface area (TPSA) is 151 Å². The molecule has 0 heterocycles. The van der Waals surface area contributed by atoms with Crippen molar-refractivity contribution in [1.82, 2.24) is 0 Å². The molecule has 0 amide bonds. The van der Waals surface area contributed by atoms with Crippen molar-refractivity contribution in [2.24, 2.45) is 11.7 Å². The molecule has 0 aliphatic rings. The van der Waals surface area contributed by atoms with Gasteiger partial charge in [0.15, 0.2) is 0 Å². The maximum atomic E-state index is 10.3. The molecule has 0 radical (unpaired) electrons. The van der Waals surface area contributed by atoms with Crippen LogP contribution in [0, 0.1) is 0 Å². The van der Waals surface area contributed by atoms with E-state index in [0.29, 0.717) is 11.4 Å². The van der Waals surface area contributed by atoms with E-state index in [-0.39, 0.29) is 11.1 Å². The van der Waals surface area contributed by atoms with Crippen molar-refractivity contribution in [3.63, 3.8) is 0 Å². The third-order valence-electron chi connectivity index (χ3n) is 2.60. The Morgan fingerprint density at radius 1 is 0.682 bits per heavy atom. The molecule has 0 aliphatic carbocycles. The molecule has 2 rings (SSSR count). The van der Waals surface area contributed by atoms with Gasteiger partial charge < -0.3 is 21.1 Å². The van der Waals surface area contributed by atoms with Crippen LogP contribution in [0.2, 0.25) is 0 Å². The number of hydrogen-bond donors (Lipinski definition) is 6. The summed E-state index contributed by atoms with van der Waals surface area (Å²) in [5, 5.41) is 17.0. The molecular weight excluding hydrogens is 288 g/mol. The summed E-state index contributed by atoms with van der Waals surface area (Å²) in [6.45, 7) is 0. The van der Waals surface area contributed by atoms with E-state index in [0.717, 1.165) is 0 Å². The minimum Gasteiger partial charge on any atom is -0.478 e. The molecule has 116 valence electrons. The van der Waals surface area contributed by atoms with Gasteiger partial charge in [-0.05, 0) is 48.5 Å². The minimum absolute atomic E-state index is 0.254. The van der Waals surface area contributed by atoms with Gasteiger partial charge in [0.1, 0.15) is 0 Å². The maximum absolute atomic E-state index is 10.3. The zero-order valence-electron chi connectivity index (χ0n) is 11.5. The van der Waals surface area contributed by atoms with Crippen molar-refractivity contribution in [2.45, 2.75) is 0 Å². The first kappa shape index (κ1) is 17.0. The van der Waals surface area contributed by atoms with Crippen molar-refractivity contribution < 1.29 is 19.8 Å². The molecule has 8 heteroatoms. The third-order valence-corrected chi connectivity index (χ3v) is 2.60. The molecule has 0 aromatic heterocycles. The monoisotopic (exact) mass is 304 g/mol. The Balaban J connectivity index is 0.000000220. The van der Waals surface area contributed by atoms with Crippen LogP contribution in [0.1, 0.15) is 20.7 Å². The van der Waals surface area contributed by atoms with Crippen molar-refractivity contribution in [3.05, 3.63) is 59.7 Å². The Morgan fingerprint density at radius 2 is 0.955 bits per heavy atom. The fraction of sp³-hybridized carbons (Fsp3) is 0. The average Bonchev–Trinajstić information content (AvgIpc) is 2.55. The van der Waals surface area contributed by atoms with Crippen LogP contribution >= 0.6 is 0 Å². The number of carboxylic acids is 2. The molecule has 2 aromatic carbocycles. The van der Waals surface area contributed by atoms with Crippen LogP contribution in [0.4, 0.5) is 11.4 Å². The molecule has 0 fully saturated rings. The first-order chi connectivity index (χ1) is 10.5. The predicted molar refractivity (Wildman–Crippen MR) is 82.4 cm³/mol. The van der Waals surface area contributed by atoms with Gasteiger partial charge in [0, 0.05) is 11.4 Å². The number of carbonyl (C=O) groups is 2. The van der Waals surface area contributed by atoms with Gasteiger partial charge in [-0.2, -0.15) is 0 Å². The SMILES string of the molecule is NNc1ccc(C(=O)O)cc1.NNc1ccc(C(=O)O)cc1. The van der Waals surface area contributed by atoms with Gasteiger partial charge in [-0.3, -0.25) is 11.7 Å². The largest absolute Gasteiger partial charge is 0.478 e. The van der Waals surface area contributed by atoms with Crippen LogP contribution in [0.25, 0.3) is 0 Å². The molecule has 0 atom stereocenters. The van der Waals surface area contributed by atoms with Crippen LogP contribution in [-0.4, -0.2) is 22.2 Å². The summed E-state index contributed by atoms with van der Waals surface area (Å²) in [6.07, 6.45) is 0. The van der Waals surface area contributed by atoms with E-state index in [4.69, 9.17) is 21.9 Å². The summed E-state index contributed by atoms with van der Waals surface area (Å²) < 4.78 is 0. The maximum Gasteiger partial charge on any atom is 0.335 e. The number of carboxylic acid groups (broad SMARTS) is 2. The lowest BCUT2D eigenvalue weighted by molar-refractivity contribution is 0.0686. The Morgan fingerprint density at radius 3 is 1.14 bits per heavy atom. The number of hydrogen-bond acceptors (Lipinski definition) is 6. The smallest absolute Gasteiger partial charge is 0.335 e. The van der Waals surface area contributed by atoms with Gasteiger partial charge in [-0.25, -0.2) is 9.59 Å². The molecule has 0 saturated carbocycles. The fourth-order valence-corrected chi connectivity index (χ4v) is 1.42. The second-order valence-electron chi connectivity index (χ2n) is 4.05. The average molecular weight is 304 g/mol. The van der Waals surface area contributed by atoms with Crippen LogP contribution in [0.5, 0.6) is 0 Å². The second kappa shape index (κ2) is 8.25. The van der Waals surface area contributed by atoms with Crippen molar-refractivity contribution >= 4 is 23.3 Å². The summed E-state index contributed by atoms with van der Waals surface area (Å²) in [5.41, 5.74) is 6.69. The van der Waals surface area contributed by atoms with E-state index in [2.05, 4.69) is 10.9 Å². The number of rotatable bonds is 4. The van der Waals surface area contributed by atoms with Crippen LogP contribution in [0.15, 0.2) is 48.5 Å². The number of aromatic carboxylic acids is 2. The summed E-state index contributed by atoms with van der Waals surface area (Å²) >= 11 is 0. The van der Waals surface area contributed by atoms with E-state index in [1.165, 1.54) is 24.3 Å². The Hall–Kier alpha value is -3.10. The Labute approximate surface area is 126 Å². The van der Waals surface area contributed by atoms with E-state index in [1.54, 1.807) is 24.3 Å². The summed E-state index contributed by atoms with van der Waals surface area (Å²) in [7, 11) is 0. The highest BCUT2D eigenvalue weighted by Crippen LogP contribution is 2.07. The normalized spacial score (nSPS) is 9.18. The highest BCUT2D eigenvalue weighted by Gasteiger charge is 2.00. The summed E-state index contributed by atoms with van der Waals surface area (Å²) in [6, 6.07) is 12.3. The summed E-state index contributed by atoms with van der Waals surface area (Å²) in [5.74, 6) is 8.28. The Bertz CT molecular complexity index is 569. The molecule has 0 unspecified atom stereocenters. The lowest BCUT2D eigenvalue weighted by Crippen LogP contribution is -2.06. The molecule has 8 N–H and O–H groups in total. The van der Waals surface area contributed by atoms with Crippen LogP contribution in [-0.2, 0) is 0 Å². The second-order valence-corrected chi connectivity index (χ2v) is 4.05. The van der Waals surface area contributed by atoms with Crippen LogP contribution < -0.4 is 22.5 Å². The number of nitrogens with one attached hydrogen (secondary N) is 2. The summed E-state index contributed by atoms with van der Waals surface area (Å²) in [4.78, 5) is 20.7. The van der Waals surface area contributed by atoms with Crippen molar-refractivity contribution in [3.8, 4) is 0 Å². The predicted octanol–water partition coefficient (Wildman–Crippen LogP) is 1.34. The fourth-order valence-electron chi connectivity index (χ4n) is 1.42. The van der Waals surface area contributed by atoms with Gasteiger partial charge in [0.2, 0.25) is 0 Å². The molecular formula is C14H16N4O4. The van der Waals surface area contributed by atoms with E-state index < -0.39 is 11.9 Å². The van der Waals surface area contributed by atoms with Gasteiger partial charge in [0.05, 0.1) is 11.1 Å². The number of hydrazine groups is 2. The zero-order chi connectivity index (χ0) is 16.5. The molecule has 0 spiro atoms. The molecule has 0 saturated heterocycles. The zero-order valence-corrected chi connectivity index (χ0v) is 11.5. The number of nitrogen functional groups attached to an aromatic ring is 2. The molecule has 0 aliphatic heterocycles. The quantitative estimate of drug-likeness (QED) is 0.366. The molecule has 0 bridgehead atoms. The van der Waals surface area contributed by atoms with Gasteiger partial charge in [0.25, 0.3) is 0 Å². The highest BCUT2D eigenvalue weighted by molar-refractivity contribution is 5.88. The minimum atomic E-state index is -0.937. The third kappa shape index (κ3) is 5.12. The number of benzene rings is 2. The van der Waals surface area contributed by atoms with Crippen molar-refractivity contribution in [1.29, 1.82) is 0 Å². The molecule has 2 aromatic rings. The van der Waals surface area contributed by atoms with E-state index in [1.807, 2.05) is 0 Å². The van der Waals surface area contributed by atoms with Crippen LogP contribution in [0.3, 0.4) is 0 Å². The first-order valence-corrected chi connectivity index (χ1v) is 6.08. The van der Waals surface area contributed by atoms with Gasteiger partial charge >= 0.3 is 11.9 Å². The van der Waals surface area contributed by atoms with Gasteiger partial charge in [-0.15, -0.1) is 0 Å². The number of anilines is 2. The molecule has 8 nitrogen and oxygen atoms in total. The Kier molecular flexibility index (Phi) is 6.35. The highest BCUT2D eigenvalue weighted by atomic mass is 16.4. The lowest BCUT2D eigenvalue weighted by atomic mass is 10.2. The first-order valence-electron chi connectivity index (χ1n) is 6.08. The van der Waals surface area contributed by atoms with E-state index >= 15 is 0 Å². The van der Waals surface area contributed by atoms with E-state index in [9.17, 15) is 9.59 Å². The number of nitrogens with two attached hydrogens (primary N) is 2. The van der Waals surface area contributed by atoms with Gasteiger partial charge in [-0.1, -0.05) is 0 Å². The lowest BCUT2D eigenvalue weighted by Gasteiger charge is -1.98. The molecule has 22 heavy (non-hydrogen) atoms.